The second kappa shape index (κ2) is 6.79. The van der Waals surface area contributed by atoms with Crippen molar-refractivity contribution in [2.24, 2.45) is 4.99 Å². The van der Waals surface area contributed by atoms with Crippen LogP contribution in [0.3, 0.4) is 0 Å². The molecule has 0 radical (unpaired) electrons. The molecule has 7 heteroatoms. The summed E-state index contributed by atoms with van der Waals surface area (Å²) in [6, 6.07) is 17.6. The van der Waals surface area contributed by atoms with Crippen molar-refractivity contribution in [1.82, 2.24) is 9.55 Å². The lowest BCUT2D eigenvalue weighted by Crippen LogP contribution is -2.20. The molecule has 3 heterocycles. The molecule has 2 aromatic heterocycles. The number of aliphatic imine (C=N–C) groups is 1. The van der Waals surface area contributed by atoms with Gasteiger partial charge < -0.3 is 14.6 Å². The zero-order valence-corrected chi connectivity index (χ0v) is 15.1. The van der Waals surface area contributed by atoms with Gasteiger partial charge in [-0.3, -0.25) is 9.79 Å². The second-order valence-corrected chi connectivity index (χ2v) is 6.41. The van der Waals surface area contributed by atoms with Crippen LogP contribution in [0.2, 0.25) is 0 Å². The second-order valence-electron chi connectivity index (χ2n) is 6.41. The Balaban J connectivity index is 1.70. The van der Waals surface area contributed by atoms with Gasteiger partial charge in [0.1, 0.15) is 5.82 Å². The maximum Gasteiger partial charge on any atom is 0.267 e. The highest BCUT2D eigenvalue weighted by atomic mass is 16.7. The smallest absolute Gasteiger partial charge is 0.267 e. The Morgan fingerprint density at radius 3 is 2.62 bits per heavy atom. The van der Waals surface area contributed by atoms with E-state index >= 15 is 0 Å². The van der Waals surface area contributed by atoms with Crippen molar-refractivity contribution in [3.05, 3.63) is 82.8 Å². The van der Waals surface area contributed by atoms with Gasteiger partial charge >= 0.3 is 0 Å². The fourth-order valence-electron chi connectivity index (χ4n) is 3.29. The minimum Gasteiger partial charge on any atom is -0.494 e. The SMILES string of the molecule is O=c1c2ccccc2c(C=Nc2ccc3c(c2)OCO3)c(O)n1-c1ccccn1. The van der Waals surface area contributed by atoms with E-state index in [1.54, 1.807) is 60.8 Å². The molecule has 7 nitrogen and oxygen atoms in total. The van der Waals surface area contributed by atoms with Crippen molar-refractivity contribution in [2.45, 2.75) is 0 Å². The lowest BCUT2D eigenvalue weighted by Gasteiger charge is -2.12. The number of pyridine rings is 2. The first-order valence-electron chi connectivity index (χ1n) is 8.94. The molecule has 0 atom stereocenters. The highest BCUT2D eigenvalue weighted by molar-refractivity contribution is 6.02. The van der Waals surface area contributed by atoms with Gasteiger partial charge in [-0.2, -0.15) is 0 Å². The van der Waals surface area contributed by atoms with E-state index in [0.29, 0.717) is 39.3 Å². The molecule has 142 valence electrons. The van der Waals surface area contributed by atoms with Crippen molar-refractivity contribution in [3.63, 3.8) is 0 Å². The zero-order chi connectivity index (χ0) is 19.8. The van der Waals surface area contributed by atoms with Gasteiger partial charge in [0.2, 0.25) is 12.7 Å². The summed E-state index contributed by atoms with van der Waals surface area (Å²) in [5.74, 6) is 1.39. The largest absolute Gasteiger partial charge is 0.494 e. The van der Waals surface area contributed by atoms with Crippen LogP contribution in [0.5, 0.6) is 17.4 Å². The lowest BCUT2D eigenvalue weighted by molar-refractivity contribution is 0.174. The number of aromatic hydroxyl groups is 1. The Labute approximate surface area is 165 Å². The fourth-order valence-corrected chi connectivity index (χ4v) is 3.29. The monoisotopic (exact) mass is 385 g/mol. The van der Waals surface area contributed by atoms with E-state index in [1.165, 1.54) is 10.8 Å². The highest BCUT2D eigenvalue weighted by Gasteiger charge is 2.17. The molecular formula is C22H15N3O4. The van der Waals surface area contributed by atoms with Crippen LogP contribution in [0.15, 0.2) is 76.6 Å². The number of benzene rings is 2. The summed E-state index contributed by atoms with van der Waals surface area (Å²) in [6.45, 7) is 0.183. The van der Waals surface area contributed by atoms with E-state index in [9.17, 15) is 9.90 Å². The quantitative estimate of drug-likeness (QED) is 0.545. The molecule has 1 aliphatic rings. The Morgan fingerprint density at radius 2 is 1.79 bits per heavy atom. The molecule has 1 aliphatic heterocycles. The molecule has 0 bridgehead atoms. The zero-order valence-electron chi connectivity index (χ0n) is 15.1. The van der Waals surface area contributed by atoms with Gasteiger partial charge in [0.15, 0.2) is 11.5 Å². The molecule has 0 unspecified atom stereocenters. The number of aromatic nitrogens is 2. The van der Waals surface area contributed by atoms with Crippen LogP contribution in [0, 0.1) is 0 Å². The standard InChI is InChI=1S/C22H15N3O4/c26-21-16-6-2-1-5-15(16)17(22(27)25(21)20-7-3-4-10-23-20)12-24-14-8-9-18-19(11-14)29-13-28-18/h1-12,27H,13H2. The highest BCUT2D eigenvalue weighted by Crippen LogP contribution is 2.35. The summed E-state index contributed by atoms with van der Waals surface area (Å²) in [4.78, 5) is 21.7. The van der Waals surface area contributed by atoms with E-state index < -0.39 is 0 Å². The number of fused-ring (bicyclic) bond motifs is 2. The molecule has 0 saturated carbocycles. The fraction of sp³-hybridized carbons (Fsp3) is 0.0455. The summed E-state index contributed by atoms with van der Waals surface area (Å²) >= 11 is 0. The van der Waals surface area contributed by atoms with Crippen molar-refractivity contribution in [2.75, 3.05) is 6.79 Å². The van der Waals surface area contributed by atoms with Crippen molar-refractivity contribution in [3.8, 4) is 23.2 Å². The molecule has 5 rings (SSSR count). The summed E-state index contributed by atoms with van der Waals surface area (Å²) in [5.41, 5.74) is 0.703. The van der Waals surface area contributed by atoms with Crippen LogP contribution in [0.1, 0.15) is 5.56 Å². The average Bonchev–Trinajstić information content (AvgIpc) is 3.22. The van der Waals surface area contributed by atoms with Crippen molar-refractivity contribution < 1.29 is 14.6 Å². The van der Waals surface area contributed by atoms with Crippen LogP contribution in [0.25, 0.3) is 16.6 Å². The minimum atomic E-state index is -0.350. The Kier molecular flexibility index (Phi) is 3.98. The van der Waals surface area contributed by atoms with Crippen molar-refractivity contribution >= 4 is 22.7 Å². The van der Waals surface area contributed by atoms with Gasteiger partial charge in [-0.1, -0.05) is 24.3 Å². The van der Waals surface area contributed by atoms with Crippen LogP contribution in [-0.4, -0.2) is 27.7 Å². The Hall–Kier alpha value is -4.13. The normalized spacial score (nSPS) is 12.7. The van der Waals surface area contributed by atoms with Crippen LogP contribution < -0.4 is 15.0 Å². The van der Waals surface area contributed by atoms with Crippen LogP contribution in [0.4, 0.5) is 5.69 Å². The number of rotatable bonds is 3. The molecule has 0 amide bonds. The third kappa shape index (κ3) is 2.89. The predicted molar refractivity (Wildman–Crippen MR) is 109 cm³/mol. The molecule has 0 aliphatic carbocycles. The third-order valence-corrected chi connectivity index (χ3v) is 4.68. The molecule has 1 N–H and O–H groups in total. The van der Waals surface area contributed by atoms with Gasteiger partial charge in [0.25, 0.3) is 5.56 Å². The topological polar surface area (TPSA) is 85.9 Å². The van der Waals surface area contributed by atoms with E-state index in [2.05, 4.69) is 9.98 Å². The lowest BCUT2D eigenvalue weighted by atomic mass is 10.1. The average molecular weight is 385 g/mol. The molecule has 0 fully saturated rings. The molecule has 0 spiro atoms. The maximum atomic E-state index is 13.0. The number of nitrogens with zero attached hydrogens (tertiary/aromatic N) is 3. The number of ether oxygens (including phenoxy) is 2. The van der Waals surface area contributed by atoms with E-state index in [0.717, 1.165) is 0 Å². The summed E-state index contributed by atoms with van der Waals surface area (Å²) in [7, 11) is 0. The summed E-state index contributed by atoms with van der Waals surface area (Å²) in [6.07, 6.45) is 3.10. The van der Waals surface area contributed by atoms with E-state index in [1.807, 2.05) is 6.07 Å². The summed E-state index contributed by atoms with van der Waals surface area (Å²) < 4.78 is 11.9. The predicted octanol–water partition coefficient (Wildman–Crippen LogP) is 3.57. The van der Waals surface area contributed by atoms with Gasteiger partial charge in [-0.15, -0.1) is 0 Å². The number of hydrogen-bond donors (Lipinski definition) is 1. The molecule has 29 heavy (non-hydrogen) atoms. The van der Waals surface area contributed by atoms with Gasteiger partial charge in [-0.05, 0) is 30.3 Å². The minimum absolute atomic E-state index is 0.183. The maximum absolute atomic E-state index is 13.0. The first-order valence-corrected chi connectivity index (χ1v) is 8.94. The molecule has 4 aromatic rings. The van der Waals surface area contributed by atoms with Gasteiger partial charge in [0.05, 0.1) is 11.3 Å². The third-order valence-electron chi connectivity index (χ3n) is 4.68. The van der Waals surface area contributed by atoms with Crippen LogP contribution in [-0.2, 0) is 0 Å². The summed E-state index contributed by atoms with van der Waals surface area (Å²) in [5, 5.41) is 12.0. The van der Waals surface area contributed by atoms with Gasteiger partial charge in [-0.25, -0.2) is 9.55 Å². The van der Waals surface area contributed by atoms with Crippen LogP contribution >= 0.6 is 0 Å². The first-order chi connectivity index (χ1) is 14.2. The molecule has 0 saturated heterocycles. The van der Waals surface area contributed by atoms with E-state index in [-0.39, 0.29) is 18.2 Å². The van der Waals surface area contributed by atoms with E-state index in [4.69, 9.17) is 9.47 Å². The van der Waals surface area contributed by atoms with Crippen molar-refractivity contribution in [1.29, 1.82) is 0 Å². The number of hydrogen-bond acceptors (Lipinski definition) is 6. The Morgan fingerprint density at radius 1 is 1.00 bits per heavy atom. The Bertz CT molecular complexity index is 1310. The van der Waals surface area contributed by atoms with Gasteiger partial charge in [0, 0.05) is 29.3 Å². The molecular weight excluding hydrogens is 370 g/mol. The molecule has 2 aromatic carbocycles. The first kappa shape index (κ1) is 17.0.